The summed E-state index contributed by atoms with van der Waals surface area (Å²) < 4.78 is 38.5. The number of piperidine rings is 1. The average Bonchev–Trinajstić information content (AvgIpc) is 2.60. The van der Waals surface area contributed by atoms with Crippen LogP contribution < -0.4 is 5.73 Å². The van der Waals surface area contributed by atoms with Gasteiger partial charge >= 0.3 is 6.18 Å². The van der Waals surface area contributed by atoms with Crippen molar-refractivity contribution in [2.24, 2.45) is 11.7 Å². The minimum atomic E-state index is -4.40. The Morgan fingerprint density at radius 2 is 2.08 bits per heavy atom. The van der Waals surface area contributed by atoms with Crippen LogP contribution in [0.2, 0.25) is 0 Å². The van der Waals surface area contributed by atoms with Crippen LogP contribution in [0, 0.1) is 5.92 Å². The van der Waals surface area contributed by atoms with Crippen LogP contribution in [0.3, 0.4) is 0 Å². The van der Waals surface area contributed by atoms with Gasteiger partial charge in [0.1, 0.15) is 0 Å². The Labute approximate surface area is 150 Å². The number of hydrogen-bond acceptors (Lipinski definition) is 3. The van der Waals surface area contributed by atoms with Crippen LogP contribution in [-0.2, 0) is 22.3 Å². The third-order valence-corrected chi connectivity index (χ3v) is 4.84. The number of amides is 2. The smallest absolute Gasteiger partial charge is 0.369 e. The van der Waals surface area contributed by atoms with Crippen molar-refractivity contribution in [2.45, 2.75) is 38.5 Å². The molecule has 0 aliphatic carbocycles. The molecule has 2 atom stereocenters. The SMILES string of the molecule is C[C@@H](C(=O)N1CCC[C@H](C(N)=O)C1)N(C)Cc1cccc(C(F)(F)F)c1. The summed E-state index contributed by atoms with van der Waals surface area (Å²) in [5.41, 5.74) is 5.11. The quantitative estimate of drug-likeness (QED) is 0.863. The van der Waals surface area contributed by atoms with Crippen molar-refractivity contribution in [2.75, 3.05) is 20.1 Å². The number of nitrogens with zero attached hydrogens (tertiary/aromatic N) is 2. The first kappa shape index (κ1) is 20.2. The number of carbonyl (C=O) groups excluding carboxylic acids is 2. The molecule has 2 amide bonds. The van der Waals surface area contributed by atoms with Gasteiger partial charge in [-0.2, -0.15) is 13.2 Å². The molecular formula is C18H24F3N3O2. The summed E-state index contributed by atoms with van der Waals surface area (Å²) in [5, 5.41) is 0. The number of nitrogens with two attached hydrogens (primary N) is 1. The maximum atomic E-state index is 12.8. The van der Waals surface area contributed by atoms with Gasteiger partial charge in [0.25, 0.3) is 0 Å². The van der Waals surface area contributed by atoms with Crippen LogP contribution >= 0.6 is 0 Å². The second-order valence-electron chi connectivity index (χ2n) is 6.81. The van der Waals surface area contributed by atoms with E-state index in [2.05, 4.69) is 0 Å². The minimum Gasteiger partial charge on any atom is -0.369 e. The number of hydrogen-bond donors (Lipinski definition) is 1. The highest BCUT2D eigenvalue weighted by Gasteiger charge is 2.32. The zero-order valence-corrected chi connectivity index (χ0v) is 14.9. The molecule has 5 nitrogen and oxygen atoms in total. The highest BCUT2D eigenvalue weighted by molar-refractivity contribution is 5.83. The lowest BCUT2D eigenvalue weighted by molar-refractivity contribution is -0.140. The van der Waals surface area contributed by atoms with Crippen LogP contribution in [0.1, 0.15) is 30.9 Å². The number of benzene rings is 1. The molecule has 0 aromatic heterocycles. The van der Waals surface area contributed by atoms with Gasteiger partial charge in [0.05, 0.1) is 17.5 Å². The van der Waals surface area contributed by atoms with Crippen LogP contribution in [0.4, 0.5) is 13.2 Å². The minimum absolute atomic E-state index is 0.148. The maximum absolute atomic E-state index is 12.8. The second-order valence-corrected chi connectivity index (χ2v) is 6.81. The summed E-state index contributed by atoms with van der Waals surface area (Å²) in [6, 6.07) is 4.57. The lowest BCUT2D eigenvalue weighted by atomic mass is 9.97. The van der Waals surface area contributed by atoms with E-state index in [0.29, 0.717) is 31.5 Å². The largest absolute Gasteiger partial charge is 0.416 e. The Morgan fingerprint density at radius 3 is 2.69 bits per heavy atom. The molecule has 8 heteroatoms. The average molecular weight is 371 g/mol. The Hall–Kier alpha value is -2.09. The van der Waals surface area contributed by atoms with Gasteiger partial charge in [-0.3, -0.25) is 14.5 Å². The molecule has 0 saturated carbocycles. The summed E-state index contributed by atoms with van der Waals surface area (Å²) in [7, 11) is 1.69. The van der Waals surface area contributed by atoms with E-state index in [1.165, 1.54) is 6.07 Å². The summed E-state index contributed by atoms with van der Waals surface area (Å²) in [6.45, 7) is 2.79. The Kier molecular flexibility index (Phi) is 6.28. The molecule has 26 heavy (non-hydrogen) atoms. The summed E-state index contributed by atoms with van der Waals surface area (Å²) >= 11 is 0. The van der Waals surface area contributed by atoms with Crippen LogP contribution in [-0.4, -0.2) is 47.8 Å². The fourth-order valence-corrected chi connectivity index (χ4v) is 3.13. The van der Waals surface area contributed by atoms with Crippen LogP contribution in [0.5, 0.6) is 0 Å². The molecule has 1 aliphatic heterocycles. The van der Waals surface area contributed by atoms with Crippen molar-refractivity contribution < 1.29 is 22.8 Å². The molecule has 1 heterocycles. The van der Waals surface area contributed by atoms with Crippen molar-refractivity contribution in [1.29, 1.82) is 0 Å². The number of alkyl halides is 3. The molecule has 1 aliphatic rings. The molecule has 1 fully saturated rings. The number of likely N-dealkylation sites (tertiary alicyclic amines) is 1. The van der Waals surface area contributed by atoms with Crippen molar-refractivity contribution in [3.63, 3.8) is 0 Å². The van der Waals surface area contributed by atoms with Crippen molar-refractivity contribution in [1.82, 2.24) is 9.80 Å². The molecule has 1 aromatic rings. The fraction of sp³-hybridized carbons (Fsp3) is 0.556. The molecule has 0 spiro atoms. The van der Waals surface area contributed by atoms with E-state index < -0.39 is 23.7 Å². The van der Waals surface area contributed by atoms with Gasteiger partial charge in [-0.1, -0.05) is 18.2 Å². The molecule has 0 radical (unpaired) electrons. The molecular weight excluding hydrogens is 347 g/mol. The number of likely N-dealkylation sites (N-methyl/N-ethyl adjacent to an activating group) is 1. The van der Waals surface area contributed by atoms with Crippen molar-refractivity contribution in [3.8, 4) is 0 Å². The van der Waals surface area contributed by atoms with Gasteiger partial charge in [0, 0.05) is 19.6 Å². The first-order chi connectivity index (χ1) is 12.1. The predicted octanol–water partition coefficient (Wildman–Crippen LogP) is 2.25. The van der Waals surface area contributed by atoms with Crippen molar-refractivity contribution in [3.05, 3.63) is 35.4 Å². The third-order valence-electron chi connectivity index (χ3n) is 4.84. The van der Waals surface area contributed by atoms with E-state index in [0.717, 1.165) is 12.1 Å². The first-order valence-electron chi connectivity index (χ1n) is 8.54. The van der Waals surface area contributed by atoms with Crippen molar-refractivity contribution >= 4 is 11.8 Å². The van der Waals surface area contributed by atoms with Crippen LogP contribution in [0.25, 0.3) is 0 Å². The summed E-state index contributed by atoms with van der Waals surface area (Å²) in [6.07, 6.45) is -3.01. The molecule has 0 unspecified atom stereocenters. The monoisotopic (exact) mass is 371 g/mol. The molecule has 1 aromatic carbocycles. The molecule has 2 N–H and O–H groups in total. The highest BCUT2D eigenvalue weighted by Crippen LogP contribution is 2.29. The predicted molar refractivity (Wildman–Crippen MR) is 90.9 cm³/mol. The van der Waals surface area contributed by atoms with Gasteiger partial charge in [0.2, 0.25) is 11.8 Å². The lowest BCUT2D eigenvalue weighted by Crippen LogP contribution is -2.50. The summed E-state index contributed by atoms with van der Waals surface area (Å²) in [4.78, 5) is 27.4. The van der Waals surface area contributed by atoms with Gasteiger partial charge < -0.3 is 10.6 Å². The summed E-state index contributed by atoms with van der Waals surface area (Å²) in [5.74, 6) is -0.897. The molecule has 144 valence electrons. The van der Waals surface area contributed by atoms with E-state index in [1.54, 1.807) is 29.8 Å². The highest BCUT2D eigenvalue weighted by atomic mass is 19.4. The normalized spacial score (nSPS) is 19.5. The van der Waals surface area contributed by atoms with E-state index >= 15 is 0 Å². The number of rotatable bonds is 5. The lowest BCUT2D eigenvalue weighted by Gasteiger charge is -2.35. The standard InChI is InChI=1S/C18H24F3N3O2/c1-12(17(26)24-8-4-6-14(11-24)16(22)25)23(2)10-13-5-3-7-15(9-13)18(19,20)21/h3,5,7,9,12,14H,4,6,8,10-11H2,1-2H3,(H2,22,25)/t12-,14-/m0/s1. The second kappa shape index (κ2) is 8.07. The zero-order chi connectivity index (χ0) is 19.5. The number of carbonyl (C=O) groups is 2. The van der Waals surface area contributed by atoms with Gasteiger partial charge in [-0.25, -0.2) is 0 Å². The number of primary amides is 1. The topological polar surface area (TPSA) is 66.6 Å². The maximum Gasteiger partial charge on any atom is 0.416 e. The Balaban J connectivity index is 2.01. The van der Waals surface area contributed by atoms with Gasteiger partial charge in [-0.15, -0.1) is 0 Å². The fourth-order valence-electron chi connectivity index (χ4n) is 3.13. The van der Waals surface area contributed by atoms with Crippen LogP contribution in [0.15, 0.2) is 24.3 Å². The van der Waals surface area contributed by atoms with E-state index in [9.17, 15) is 22.8 Å². The Morgan fingerprint density at radius 1 is 1.38 bits per heavy atom. The van der Waals surface area contributed by atoms with E-state index in [1.807, 2.05) is 0 Å². The van der Waals surface area contributed by atoms with E-state index in [-0.39, 0.29) is 18.4 Å². The van der Waals surface area contributed by atoms with Gasteiger partial charge in [-0.05, 0) is 38.4 Å². The molecule has 2 rings (SSSR count). The molecule has 1 saturated heterocycles. The third kappa shape index (κ3) is 4.97. The Bertz CT molecular complexity index is 663. The van der Waals surface area contributed by atoms with Gasteiger partial charge in [0.15, 0.2) is 0 Å². The molecule has 0 bridgehead atoms. The number of halogens is 3. The van der Waals surface area contributed by atoms with E-state index in [4.69, 9.17) is 5.73 Å². The zero-order valence-electron chi connectivity index (χ0n) is 14.9. The first-order valence-corrected chi connectivity index (χ1v) is 8.54.